The molecule has 1 aromatic heterocycles. The minimum absolute atomic E-state index is 0.144. The second-order valence-corrected chi connectivity index (χ2v) is 7.96. The summed E-state index contributed by atoms with van der Waals surface area (Å²) in [5.41, 5.74) is 1.65. The minimum atomic E-state index is -0.331. The first-order valence-electron chi connectivity index (χ1n) is 10.7. The molecule has 3 aromatic carbocycles. The molecule has 0 N–H and O–H groups in total. The predicted octanol–water partition coefficient (Wildman–Crippen LogP) is 2.84. The molecule has 162 valence electrons. The number of hydrogen-bond acceptors (Lipinski definition) is 5. The van der Waals surface area contributed by atoms with Crippen LogP contribution in [0.25, 0.3) is 16.5 Å². The molecule has 1 aliphatic heterocycles. The summed E-state index contributed by atoms with van der Waals surface area (Å²) < 4.78 is 15.1. The minimum Gasteiger partial charge on any atom is -0.340 e. The van der Waals surface area contributed by atoms with Gasteiger partial charge in [-0.1, -0.05) is 48.5 Å². The van der Waals surface area contributed by atoms with Gasteiger partial charge >= 0.3 is 0 Å². The lowest BCUT2D eigenvalue weighted by atomic mass is 10.0. The molecule has 0 aliphatic carbocycles. The topological polar surface area (TPSA) is 67.2 Å². The van der Waals surface area contributed by atoms with Gasteiger partial charge in [0, 0.05) is 26.2 Å². The maximum absolute atomic E-state index is 13.6. The molecule has 1 aliphatic rings. The van der Waals surface area contributed by atoms with Crippen molar-refractivity contribution in [2.24, 2.45) is 0 Å². The van der Waals surface area contributed by atoms with E-state index in [-0.39, 0.29) is 11.7 Å². The highest BCUT2D eigenvalue weighted by Crippen LogP contribution is 2.20. The maximum atomic E-state index is 13.6. The highest BCUT2D eigenvalue weighted by atomic mass is 19.1. The van der Waals surface area contributed by atoms with Crippen molar-refractivity contribution >= 4 is 16.7 Å². The first-order valence-corrected chi connectivity index (χ1v) is 10.7. The molecule has 0 spiro atoms. The number of benzene rings is 3. The number of aromatic nitrogens is 4. The van der Waals surface area contributed by atoms with Gasteiger partial charge in [0.2, 0.25) is 5.91 Å². The van der Waals surface area contributed by atoms with Crippen molar-refractivity contribution in [2.45, 2.75) is 13.0 Å². The molecule has 7 nitrogen and oxygen atoms in total. The second kappa shape index (κ2) is 8.84. The van der Waals surface area contributed by atoms with E-state index in [9.17, 15) is 9.18 Å². The first kappa shape index (κ1) is 20.3. The maximum Gasteiger partial charge on any atom is 0.227 e. The van der Waals surface area contributed by atoms with Crippen LogP contribution in [0, 0.1) is 5.82 Å². The van der Waals surface area contributed by atoms with Crippen LogP contribution in [0.2, 0.25) is 0 Å². The summed E-state index contributed by atoms with van der Waals surface area (Å²) in [6.07, 6.45) is 0.402. The van der Waals surface area contributed by atoms with Crippen LogP contribution in [-0.2, 0) is 17.8 Å². The average Bonchev–Trinajstić information content (AvgIpc) is 3.28. The number of piperazine rings is 1. The molecule has 1 amide bonds. The highest BCUT2D eigenvalue weighted by Gasteiger charge is 2.23. The summed E-state index contributed by atoms with van der Waals surface area (Å²) in [6.45, 7) is 3.32. The molecule has 1 saturated heterocycles. The standard InChI is InChI=1S/C24H23FN6O/c25-20-8-4-9-21(16-20)31-23(26-27-28-31)17-29-11-13-30(14-12-29)24(32)15-19-7-3-6-18-5-1-2-10-22(18)19/h1-10,16H,11-15,17H2. The fourth-order valence-electron chi connectivity index (χ4n) is 4.19. The lowest BCUT2D eigenvalue weighted by Crippen LogP contribution is -2.49. The van der Waals surface area contributed by atoms with E-state index < -0.39 is 0 Å². The van der Waals surface area contributed by atoms with E-state index >= 15 is 0 Å². The van der Waals surface area contributed by atoms with Gasteiger partial charge < -0.3 is 4.90 Å². The number of nitrogens with zero attached hydrogens (tertiary/aromatic N) is 6. The Morgan fingerprint density at radius 1 is 0.938 bits per heavy atom. The Morgan fingerprint density at radius 2 is 1.72 bits per heavy atom. The van der Waals surface area contributed by atoms with E-state index in [1.807, 2.05) is 29.2 Å². The molecular weight excluding hydrogens is 407 g/mol. The van der Waals surface area contributed by atoms with E-state index in [4.69, 9.17) is 0 Å². The van der Waals surface area contributed by atoms with Crippen LogP contribution in [0.3, 0.4) is 0 Å². The zero-order chi connectivity index (χ0) is 21.9. The SMILES string of the molecule is O=C(Cc1cccc2ccccc12)N1CCN(Cc2nnnn2-c2cccc(F)c2)CC1. The van der Waals surface area contributed by atoms with Crippen LogP contribution in [0.15, 0.2) is 66.7 Å². The van der Waals surface area contributed by atoms with Gasteiger partial charge in [-0.15, -0.1) is 5.10 Å². The van der Waals surface area contributed by atoms with Crippen LogP contribution in [0.1, 0.15) is 11.4 Å². The second-order valence-electron chi connectivity index (χ2n) is 7.96. The number of carbonyl (C=O) groups is 1. The van der Waals surface area contributed by atoms with Crippen molar-refractivity contribution in [2.75, 3.05) is 26.2 Å². The molecule has 0 atom stereocenters. The average molecular weight is 430 g/mol. The summed E-state index contributed by atoms with van der Waals surface area (Å²) in [4.78, 5) is 17.1. The van der Waals surface area contributed by atoms with Crippen LogP contribution >= 0.6 is 0 Å². The summed E-state index contributed by atoms with van der Waals surface area (Å²) in [7, 11) is 0. The summed E-state index contributed by atoms with van der Waals surface area (Å²) >= 11 is 0. The zero-order valence-electron chi connectivity index (χ0n) is 17.6. The highest BCUT2D eigenvalue weighted by molar-refractivity contribution is 5.90. The third-order valence-corrected chi connectivity index (χ3v) is 5.90. The van der Waals surface area contributed by atoms with E-state index in [1.54, 1.807) is 16.8 Å². The van der Waals surface area contributed by atoms with Gasteiger partial charge in [0.15, 0.2) is 5.82 Å². The van der Waals surface area contributed by atoms with Crippen molar-refractivity contribution in [1.29, 1.82) is 0 Å². The monoisotopic (exact) mass is 430 g/mol. The van der Waals surface area contributed by atoms with Gasteiger partial charge in [-0.05, 0) is 45.0 Å². The smallest absolute Gasteiger partial charge is 0.227 e. The molecule has 0 unspecified atom stereocenters. The number of carbonyl (C=O) groups excluding carboxylic acids is 1. The van der Waals surface area contributed by atoms with Gasteiger partial charge in [0.05, 0.1) is 18.7 Å². The number of amides is 1. The quantitative estimate of drug-likeness (QED) is 0.487. The molecule has 2 heterocycles. The molecule has 4 aromatic rings. The Hall–Kier alpha value is -3.65. The molecule has 0 bridgehead atoms. The Bertz CT molecular complexity index is 1240. The van der Waals surface area contributed by atoms with Crippen molar-refractivity contribution in [3.05, 3.63) is 83.9 Å². The van der Waals surface area contributed by atoms with Gasteiger partial charge in [0.1, 0.15) is 5.82 Å². The number of rotatable bonds is 5. The van der Waals surface area contributed by atoms with E-state index in [2.05, 4.69) is 38.6 Å². The molecular formula is C24H23FN6O. The normalized spacial score (nSPS) is 14.7. The Kier molecular flexibility index (Phi) is 5.60. The fourth-order valence-corrected chi connectivity index (χ4v) is 4.19. The van der Waals surface area contributed by atoms with Crippen molar-refractivity contribution in [1.82, 2.24) is 30.0 Å². The molecule has 0 radical (unpaired) electrons. The Morgan fingerprint density at radius 3 is 2.56 bits per heavy atom. The largest absolute Gasteiger partial charge is 0.340 e. The summed E-state index contributed by atoms with van der Waals surface area (Å²) in [5, 5.41) is 14.2. The Labute approximate surface area is 185 Å². The van der Waals surface area contributed by atoms with E-state index in [0.29, 0.717) is 37.6 Å². The van der Waals surface area contributed by atoms with Crippen LogP contribution in [-0.4, -0.2) is 62.1 Å². The lowest BCUT2D eigenvalue weighted by Gasteiger charge is -2.34. The molecule has 5 rings (SSSR count). The van der Waals surface area contributed by atoms with Gasteiger partial charge in [-0.25, -0.2) is 4.39 Å². The third-order valence-electron chi connectivity index (χ3n) is 5.90. The number of halogens is 1. The first-order chi connectivity index (χ1) is 15.7. The van der Waals surface area contributed by atoms with E-state index in [1.165, 1.54) is 12.1 Å². The van der Waals surface area contributed by atoms with Crippen LogP contribution < -0.4 is 0 Å². The van der Waals surface area contributed by atoms with Gasteiger partial charge in [-0.2, -0.15) is 4.68 Å². The third kappa shape index (κ3) is 4.22. The summed E-state index contributed by atoms with van der Waals surface area (Å²) in [6, 6.07) is 20.5. The van der Waals surface area contributed by atoms with Crippen molar-refractivity contribution < 1.29 is 9.18 Å². The molecule has 1 fully saturated rings. The molecule has 8 heteroatoms. The van der Waals surface area contributed by atoms with Gasteiger partial charge in [0.25, 0.3) is 0 Å². The lowest BCUT2D eigenvalue weighted by molar-refractivity contribution is -0.132. The van der Waals surface area contributed by atoms with E-state index in [0.717, 1.165) is 29.4 Å². The van der Waals surface area contributed by atoms with Crippen LogP contribution in [0.4, 0.5) is 4.39 Å². The fraction of sp³-hybridized carbons (Fsp3) is 0.250. The molecule has 0 saturated carbocycles. The van der Waals surface area contributed by atoms with Crippen LogP contribution in [0.5, 0.6) is 0 Å². The summed E-state index contributed by atoms with van der Waals surface area (Å²) in [5.74, 6) is 0.457. The van der Waals surface area contributed by atoms with Crippen molar-refractivity contribution in [3.8, 4) is 5.69 Å². The predicted molar refractivity (Wildman–Crippen MR) is 119 cm³/mol. The molecule has 32 heavy (non-hydrogen) atoms. The van der Waals surface area contributed by atoms with Crippen molar-refractivity contribution in [3.63, 3.8) is 0 Å². The Balaban J connectivity index is 1.21. The van der Waals surface area contributed by atoms with Gasteiger partial charge in [-0.3, -0.25) is 9.69 Å². The number of fused-ring (bicyclic) bond motifs is 1. The number of tetrazole rings is 1. The number of hydrogen-bond donors (Lipinski definition) is 0. The zero-order valence-corrected chi connectivity index (χ0v) is 17.6.